The number of para-hydroxylation sites is 3. The number of hydrogen-bond acceptors (Lipinski definition) is 2. The van der Waals surface area contributed by atoms with Gasteiger partial charge in [-0.3, -0.25) is 0 Å². The highest BCUT2D eigenvalue weighted by Gasteiger charge is 2.24. The number of rotatable bonds is 4. The van der Waals surface area contributed by atoms with Gasteiger partial charge in [0.05, 0.1) is 22.4 Å². The van der Waals surface area contributed by atoms with Gasteiger partial charge in [0.2, 0.25) is 0 Å². The molecular weight excluding hydrogens is 637 g/mol. The highest BCUT2D eigenvalue weighted by Crippen LogP contribution is 2.48. The lowest BCUT2D eigenvalue weighted by atomic mass is 9.96. The molecule has 2 aromatic heterocycles. The Bertz CT molecular complexity index is 3150. The summed E-state index contributed by atoms with van der Waals surface area (Å²) >= 11 is 1.86. The number of aromatic nitrogens is 1. The van der Waals surface area contributed by atoms with Gasteiger partial charge in [-0.15, -0.1) is 11.3 Å². The fraction of sp³-hybridized carbons (Fsp3) is 0. The predicted molar refractivity (Wildman–Crippen MR) is 221 cm³/mol. The first-order valence-corrected chi connectivity index (χ1v) is 18.3. The Hall–Kier alpha value is -6.42. The molecule has 0 saturated carbocycles. The van der Waals surface area contributed by atoms with Crippen LogP contribution in [0.4, 0.5) is 17.1 Å². The second kappa shape index (κ2) is 11.0. The fourth-order valence-electron chi connectivity index (χ4n) is 8.33. The van der Waals surface area contributed by atoms with Crippen molar-refractivity contribution in [2.24, 2.45) is 0 Å². The summed E-state index contributed by atoms with van der Waals surface area (Å²) in [5, 5.41) is 12.7. The molecule has 9 aromatic carbocycles. The standard InChI is InChI=1S/C48H30N2S/c1-2-13-33(14-3-1)50-42-19-8-6-16-39(42)40-18-10-21-44(48(40)50)49(43-20-11-23-46-47(43)41-17-7-9-22-45(41)51-46)34-26-29-36-32(30-34)25-28-37-35-15-5-4-12-31(35)24-27-38(36)37/h1-30H. The van der Waals surface area contributed by atoms with Crippen molar-refractivity contribution < 1.29 is 0 Å². The number of benzene rings is 9. The van der Waals surface area contributed by atoms with Gasteiger partial charge in [0.25, 0.3) is 0 Å². The first-order valence-electron chi connectivity index (χ1n) is 17.4. The molecular formula is C48H30N2S. The molecule has 51 heavy (non-hydrogen) atoms. The van der Waals surface area contributed by atoms with Gasteiger partial charge in [-0.1, -0.05) is 127 Å². The van der Waals surface area contributed by atoms with Crippen LogP contribution in [-0.2, 0) is 0 Å². The SMILES string of the molecule is c1ccc(-n2c3ccccc3c3cccc(N(c4ccc5c(ccc6c7ccccc7ccc56)c4)c4cccc5sc6ccccc6c45)c32)cc1. The number of fused-ring (bicyclic) bond motifs is 11. The van der Waals surface area contributed by atoms with Gasteiger partial charge in [-0.25, -0.2) is 0 Å². The van der Waals surface area contributed by atoms with Crippen LogP contribution >= 0.6 is 11.3 Å². The molecule has 3 heteroatoms. The Morgan fingerprint density at radius 2 is 1.02 bits per heavy atom. The normalized spacial score (nSPS) is 11.9. The van der Waals surface area contributed by atoms with E-state index in [1.807, 2.05) is 11.3 Å². The third-order valence-corrected chi connectivity index (χ3v) is 11.7. The van der Waals surface area contributed by atoms with Crippen molar-refractivity contribution in [2.45, 2.75) is 0 Å². The van der Waals surface area contributed by atoms with E-state index >= 15 is 0 Å². The predicted octanol–water partition coefficient (Wildman–Crippen LogP) is 14.1. The molecule has 2 heterocycles. The second-order valence-corrected chi connectivity index (χ2v) is 14.4. The maximum absolute atomic E-state index is 2.51. The molecule has 238 valence electrons. The fourth-order valence-corrected chi connectivity index (χ4v) is 9.46. The van der Waals surface area contributed by atoms with Crippen molar-refractivity contribution in [3.8, 4) is 5.69 Å². The van der Waals surface area contributed by atoms with Gasteiger partial charge in [-0.05, 0) is 86.9 Å². The molecule has 0 bridgehead atoms. The molecule has 0 aliphatic carbocycles. The first kappa shape index (κ1) is 28.4. The molecule has 0 aliphatic heterocycles. The van der Waals surface area contributed by atoms with Crippen LogP contribution in [0.2, 0.25) is 0 Å². The van der Waals surface area contributed by atoms with Gasteiger partial charge < -0.3 is 9.47 Å². The topological polar surface area (TPSA) is 8.17 Å². The molecule has 0 saturated heterocycles. The summed E-state index contributed by atoms with van der Waals surface area (Å²) in [7, 11) is 0. The third kappa shape index (κ3) is 4.22. The average molecular weight is 667 g/mol. The monoisotopic (exact) mass is 666 g/mol. The number of hydrogen-bond donors (Lipinski definition) is 0. The molecule has 0 amide bonds. The zero-order chi connectivity index (χ0) is 33.5. The smallest absolute Gasteiger partial charge is 0.0782 e. The molecule has 0 unspecified atom stereocenters. The maximum Gasteiger partial charge on any atom is 0.0782 e. The molecule has 2 nitrogen and oxygen atoms in total. The number of anilines is 3. The first-order chi connectivity index (χ1) is 25.3. The van der Waals surface area contributed by atoms with Gasteiger partial charge in [0.15, 0.2) is 0 Å². The zero-order valence-corrected chi connectivity index (χ0v) is 28.4. The molecule has 0 spiro atoms. The summed E-state index contributed by atoms with van der Waals surface area (Å²) < 4.78 is 5.03. The van der Waals surface area contributed by atoms with Crippen LogP contribution in [0.3, 0.4) is 0 Å². The van der Waals surface area contributed by atoms with Crippen LogP contribution in [0.25, 0.3) is 80.0 Å². The van der Waals surface area contributed by atoms with Crippen molar-refractivity contribution in [1.82, 2.24) is 4.57 Å². The Labute approximate surface area is 298 Å². The van der Waals surface area contributed by atoms with E-state index in [0.29, 0.717) is 0 Å². The van der Waals surface area contributed by atoms with E-state index in [1.165, 1.54) is 80.0 Å². The van der Waals surface area contributed by atoms with Crippen LogP contribution < -0.4 is 4.90 Å². The maximum atomic E-state index is 2.51. The molecule has 0 N–H and O–H groups in total. The van der Waals surface area contributed by atoms with Crippen LogP contribution in [0.5, 0.6) is 0 Å². The number of thiophene rings is 1. The van der Waals surface area contributed by atoms with E-state index in [1.54, 1.807) is 0 Å². The van der Waals surface area contributed by atoms with Crippen molar-refractivity contribution >= 4 is 103 Å². The third-order valence-electron chi connectivity index (χ3n) is 10.5. The van der Waals surface area contributed by atoms with Crippen molar-refractivity contribution in [3.63, 3.8) is 0 Å². The molecule has 0 aliphatic rings. The minimum Gasteiger partial charge on any atom is -0.308 e. The van der Waals surface area contributed by atoms with Crippen LogP contribution in [0.15, 0.2) is 182 Å². The summed E-state index contributed by atoms with van der Waals surface area (Å²) in [6.45, 7) is 0. The minimum absolute atomic E-state index is 1.13. The average Bonchev–Trinajstić information content (AvgIpc) is 3.75. The Balaban J connectivity index is 1.25. The van der Waals surface area contributed by atoms with Gasteiger partial charge in [0.1, 0.15) is 0 Å². The molecule has 0 atom stereocenters. The molecule has 11 rings (SSSR count). The van der Waals surface area contributed by atoms with Gasteiger partial charge >= 0.3 is 0 Å². The second-order valence-electron chi connectivity index (χ2n) is 13.3. The summed E-state index contributed by atoms with van der Waals surface area (Å²) in [5.74, 6) is 0. The largest absolute Gasteiger partial charge is 0.308 e. The lowest BCUT2D eigenvalue weighted by Crippen LogP contribution is -2.12. The van der Waals surface area contributed by atoms with Crippen molar-refractivity contribution in [3.05, 3.63) is 182 Å². The van der Waals surface area contributed by atoms with Gasteiger partial charge in [-0.2, -0.15) is 0 Å². The quantitative estimate of drug-likeness (QED) is 0.170. The Morgan fingerprint density at radius 1 is 0.392 bits per heavy atom. The summed E-state index contributed by atoms with van der Waals surface area (Å²) in [6, 6.07) is 66.8. The van der Waals surface area contributed by atoms with Crippen LogP contribution in [0.1, 0.15) is 0 Å². The number of nitrogens with zero attached hydrogens (tertiary/aromatic N) is 2. The summed E-state index contributed by atoms with van der Waals surface area (Å²) in [4.78, 5) is 2.51. The lowest BCUT2D eigenvalue weighted by Gasteiger charge is -2.28. The highest BCUT2D eigenvalue weighted by molar-refractivity contribution is 7.26. The van der Waals surface area contributed by atoms with E-state index in [2.05, 4.69) is 191 Å². The lowest BCUT2D eigenvalue weighted by molar-refractivity contribution is 1.17. The minimum atomic E-state index is 1.13. The van der Waals surface area contributed by atoms with E-state index in [-0.39, 0.29) is 0 Å². The van der Waals surface area contributed by atoms with Gasteiger partial charge in [0, 0.05) is 42.3 Å². The molecule has 0 fully saturated rings. The van der Waals surface area contributed by atoms with Crippen LogP contribution in [0, 0.1) is 0 Å². The van der Waals surface area contributed by atoms with Crippen molar-refractivity contribution in [2.75, 3.05) is 4.90 Å². The molecule has 0 radical (unpaired) electrons. The Morgan fingerprint density at radius 3 is 1.90 bits per heavy atom. The van der Waals surface area contributed by atoms with E-state index in [0.717, 1.165) is 17.1 Å². The summed E-state index contributed by atoms with van der Waals surface area (Å²) in [6.07, 6.45) is 0. The Kier molecular flexibility index (Phi) is 6.16. The highest BCUT2D eigenvalue weighted by atomic mass is 32.1. The van der Waals surface area contributed by atoms with E-state index < -0.39 is 0 Å². The zero-order valence-electron chi connectivity index (χ0n) is 27.6. The van der Waals surface area contributed by atoms with Crippen molar-refractivity contribution in [1.29, 1.82) is 0 Å². The molecule has 11 aromatic rings. The summed E-state index contributed by atoms with van der Waals surface area (Å²) in [5.41, 5.74) is 6.97. The van der Waals surface area contributed by atoms with E-state index in [4.69, 9.17) is 0 Å². The van der Waals surface area contributed by atoms with E-state index in [9.17, 15) is 0 Å². The van der Waals surface area contributed by atoms with Crippen LogP contribution in [-0.4, -0.2) is 4.57 Å².